The predicted molar refractivity (Wildman–Crippen MR) is 82.4 cm³/mol. The second kappa shape index (κ2) is 6.19. The van der Waals surface area contributed by atoms with E-state index in [2.05, 4.69) is 15.4 Å². The van der Waals surface area contributed by atoms with Gasteiger partial charge in [-0.25, -0.2) is 13.8 Å². The molecule has 0 atom stereocenters. The maximum atomic E-state index is 13.1. The van der Waals surface area contributed by atoms with Crippen LogP contribution < -0.4 is 10.9 Å². The highest BCUT2D eigenvalue weighted by Crippen LogP contribution is 2.13. The molecule has 0 unspecified atom stereocenters. The fourth-order valence-electron chi connectivity index (χ4n) is 2.30. The number of carbonyl (C=O) groups excluding carboxylic acids is 1. The number of anilines is 1. The zero-order valence-electron chi connectivity index (χ0n) is 12.7. The third kappa shape index (κ3) is 3.14. The molecule has 3 aromatic rings. The number of hydrogen-bond acceptors (Lipinski definition) is 4. The van der Waals surface area contributed by atoms with Crippen LogP contribution in [0.1, 0.15) is 6.42 Å². The van der Waals surface area contributed by atoms with Crippen molar-refractivity contribution in [2.24, 2.45) is 7.05 Å². The van der Waals surface area contributed by atoms with E-state index in [9.17, 15) is 18.4 Å². The zero-order valence-corrected chi connectivity index (χ0v) is 12.7. The van der Waals surface area contributed by atoms with Crippen molar-refractivity contribution in [1.82, 2.24) is 19.3 Å². The smallest absolute Gasteiger partial charge is 0.264 e. The summed E-state index contributed by atoms with van der Waals surface area (Å²) in [5, 5.41) is 6.69. The Labute approximate surface area is 134 Å². The molecule has 124 valence electrons. The first kappa shape index (κ1) is 15.8. The second-order valence-electron chi connectivity index (χ2n) is 5.20. The third-order valence-electron chi connectivity index (χ3n) is 3.44. The molecule has 0 aliphatic heterocycles. The van der Waals surface area contributed by atoms with Gasteiger partial charge in [0, 0.05) is 31.8 Å². The summed E-state index contributed by atoms with van der Waals surface area (Å²) in [5.41, 5.74) is 0.166. The van der Waals surface area contributed by atoms with E-state index in [1.54, 1.807) is 7.05 Å². The molecule has 7 nitrogen and oxygen atoms in total. The van der Waals surface area contributed by atoms with Crippen molar-refractivity contribution in [2.75, 3.05) is 5.32 Å². The van der Waals surface area contributed by atoms with Crippen molar-refractivity contribution in [3.8, 4) is 0 Å². The van der Waals surface area contributed by atoms with E-state index in [0.29, 0.717) is 17.1 Å². The Bertz CT molecular complexity index is 959. The summed E-state index contributed by atoms with van der Waals surface area (Å²) in [5.74, 6) is -2.04. The van der Waals surface area contributed by atoms with Gasteiger partial charge in [0.2, 0.25) is 5.91 Å². The first-order valence-electron chi connectivity index (χ1n) is 7.07. The molecule has 0 saturated heterocycles. The Morgan fingerprint density at radius 1 is 1.25 bits per heavy atom. The van der Waals surface area contributed by atoms with Crippen LogP contribution in [0.25, 0.3) is 11.0 Å². The Hall–Kier alpha value is -3.10. The molecule has 1 N–H and O–H groups in total. The van der Waals surface area contributed by atoms with Gasteiger partial charge in [-0.1, -0.05) is 0 Å². The summed E-state index contributed by atoms with van der Waals surface area (Å²) in [7, 11) is 1.67. The number of fused-ring (bicyclic) bond motifs is 1. The summed E-state index contributed by atoms with van der Waals surface area (Å²) < 4.78 is 28.9. The number of rotatable bonds is 4. The normalized spacial score (nSPS) is 11.0. The lowest BCUT2D eigenvalue weighted by Crippen LogP contribution is -2.23. The molecule has 0 radical (unpaired) electrons. The number of carbonyl (C=O) groups is 1. The molecular weight excluding hydrogens is 320 g/mol. The fraction of sp³-hybridized carbons (Fsp3) is 0.200. The summed E-state index contributed by atoms with van der Waals surface area (Å²) in [4.78, 5) is 28.2. The molecule has 0 bridgehead atoms. The lowest BCUT2D eigenvalue weighted by atomic mass is 10.3. The van der Waals surface area contributed by atoms with E-state index >= 15 is 0 Å². The van der Waals surface area contributed by atoms with Crippen LogP contribution in [0, 0.1) is 11.6 Å². The molecule has 9 heteroatoms. The van der Waals surface area contributed by atoms with Crippen LogP contribution in [-0.2, 0) is 18.4 Å². The number of nitrogens with one attached hydrogen (secondary N) is 1. The molecule has 3 rings (SSSR count). The molecule has 1 aromatic carbocycles. The Balaban J connectivity index is 1.70. The molecule has 0 aliphatic carbocycles. The van der Waals surface area contributed by atoms with Gasteiger partial charge in [0.15, 0.2) is 5.65 Å². The lowest BCUT2D eigenvalue weighted by molar-refractivity contribution is -0.116. The average Bonchev–Trinajstić information content (AvgIpc) is 2.88. The summed E-state index contributed by atoms with van der Waals surface area (Å²) in [6.45, 7) is 0.0836. The van der Waals surface area contributed by atoms with Gasteiger partial charge in [0.05, 0.1) is 12.5 Å². The molecule has 24 heavy (non-hydrogen) atoms. The SMILES string of the molecule is Cn1ncc2c(=O)n(CCC(=O)Nc3cc(F)cc(F)c3)cnc21. The van der Waals surface area contributed by atoms with E-state index in [-0.39, 0.29) is 24.2 Å². The maximum absolute atomic E-state index is 13.1. The Kier molecular flexibility index (Phi) is 4.07. The van der Waals surface area contributed by atoms with Crippen molar-refractivity contribution in [2.45, 2.75) is 13.0 Å². The lowest BCUT2D eigenvalue weighted by Gasteiger charge is -2.07. The summed E-state index contributed by atoms with van der Waals surface area (Å²) >= 11 is 0. The van der Waals surface area contributed by atoms with Gasteiger partial charge >= 0.3 is 0 Å². The van der Waals surface area contributed by atoms with Crippen molar-refractivity contribution >= 4 is 22.6 Å². The van der Waals surface area contributed by atoms with Crippen molar-refractivity contribution in [1.29, 1.82) is 0 Å². The van der Waals surface area contributed by atoms with Crippen LogP contribution >= 0.6 is 0 Å². The van der Waals surface area contributed by atoms with Crippen molar-refractivity contribution in [3.05, 3.63) is 52.7 Å². The van der Waals surface area contributed by atoms with Gasteiger partial charge in [-0.05, 0) is 12.1 Å². The molecule has 0 saturated carbocycles. The standard InChI is InChI=1S/C15H13F2N5O2/c1-21-14-12(7-19-21)15(24)22(8-18-14)3-2-13(23)20-11-5-9(16)4-10(17)6-11/h4-8H,2-3H2,1H3,(H,20,23). The molecule has 2 aromatic heterocycles. The van der Waals surface area contributed by atoms with Gasteiger partial charge in [-0.2, -0.15) is 5.10 Å². The van der Waals surface area contributed by atoms with E-state index in [4.69, 9.17) is 0 Å². The second-order valence-corrected chi connectivity index (χ2v) is 5.20. The molecule has 1 amide bonds. The number of amides is 1. The van der Waals surface area contributed by atoms with Gasteiger partial charge in [-0.3, -0.25) is 18.8 Å². The largest absolute Gasteiger partial charge is 0.326 e. The average molecular weight is 333 g/mol. The minimum atomic E-state index is -0.784. The number of halogens is 2. The van der Waals surface area contributed by atoms with Gasteiger partial charge < -0.3 is 5.32 Å². The van der Waals surface area contributed by atoms with Crippen LogP contribution in [0.4, 0.5) is 14.5 Å². The number of benzene rings is 1. The van der Waals surface area contributed by atoms with Crippen LogP contribution in [-0.4, -0.2) is 25.2 Å². The zero-order chi connectivity index (χ0) is 17.3. The topological polar surface area (TPSA) is 81.8 Å². The van der Waals surface area contributed by atoms with E-state index < -0.39 is 17.5 Å². The number of hydrogen-bond donors (Lipinski definition) is 1. The van der Waals surface area contributed by atoms with Crippen molar-refractivity contribution < 1.29 is 13.6 Å². The quantitative estimate of drug-likeness (QED) is 0.783. The molecule has 0 spiro atoms. The van der Waals surface area contributed by atoms with E-state index in [1.165, 1.54) is 21.8 Å². The number of aryl methyl sites for hydroxylation is 2. The van der Waals surface area contributed by atoms with Gasteiger partial charge in [-0.15, -0.1) is 0 Å². The van der Waals surface area contributed by atoms with E-state index in [1.807, 2.05) is 0 Å². The number of nitrogens with zero attached hydrogens (tertiary/aromatic N) is 4. The predicted octanol–water partition coefficient (Wildman–Crippen LogP) is 1.44. The highest BCUT2D eigenvalue weighted by atomic mass is 19.1. The number of aromatic nitrogens is 4. The summed E-state index contributed by atoms with van der Waals surface area (Å²) in [6, 6.07) is 2.73. The monoisotopic (exact) mass is 333 g/mol. The molecule has 0 aliphatic rings. The first-order chi connectivity index (χ1) is 11.4. The highest BCUT2D eigenvalue weighted by Gasteiger charge is 2.10. The van der Waals surface area contributed by atoms with Crippen LogP contribution in [0.3, 0.4) is 0 Å². The highest BCUT2D eigenvalue weighted by molar-refractivity contribution is 5.90. The third-order valence-corrected chi connectivity index (χ3v) is 3.44. The van der Waals surface area contributed by atoms with Crippen LogP contribution in [0.2, 0.25) is 0 Å². The van der Waals surface area contributed by atoms with Crippen LogP contribution in [0.15, 0.2) is 35.5 Å². The fourth-order valence-corrected chi connectivity index (χ4v) is 2.30. The Morgan fingerprint density at radius 2 is 1.96 bits per heavy atom. The first-order valence-corrected chi connectivity index (χ1v) is 7.07. The molecule has 0 fully saturated rings. The van der Waals surface area contributed by atoms with Crippen molar-refractivity contribution in [3.63, 3.8) is 0 Å². The van der Waals surface area contributed by atoms with E-state index in [0.717, 1.165) is 12.1 Å². The maximum Gasteiger partial charge on any atom is 0.264 e. The minimum Gasteiger partial charge on any atom is -0.326 e. The Morgan fingerprint density at radius 3 is 2.67 bits per heavy atom. The molecular formula is C15H13F2N5O2. The van der Waals surface area contributed by atoms with Gasteiger partial charge in [0.25, 0.3) is 5.56 Å². The van der Waals surface area contributed by atoms with Gasteiger partial charge in [0.1, 0.15) is 17.0 Å². The van der Waals surface area contributed by atoms with Crippen LogP contribution in [0.5, 0.6) is 0 Å². The summed E-state index contributed by atoms with van der Waals surface area (Å²) in [6.07, 6.45) is 2.70. The minimum absolute atomic E-state index is 0.0192. The molecule has 2 heterocycles.